The van der Waals surface area contributed by atoms with Crippen molar-refractivity contribution in [2.45, 2.75) is 57.9 Å². The van der Waals surface area contributed by atoms with E-state index in [1.165, 1.54) is 19.3 Å². The highest BCUT2D eigenvalue weighted by atomic mass is 28.3. The van der Waals surface area contributed by atoms with Gasteiger partial charge in [-0.25, -0.2) is 0 Å². The Bertz CT molecular complexity index is 218. The first kappa shape index (κ1) is 10.8. The van der Waals surface area contributed by atoms with Gasteiger partial charge in [0, 0.05) is 6.04 Å². The van der Waals surface area contributed by atoms with E-state index >= 15 is 0 Å². The molecule has 1 saturated heterocycles. The zero-order valence-corrected chi connectivity index (χ0v) is 10.3. The first-order chi connectivity index (χ1) is 6.03. The van der Waals surface area contributed by atoms with Crippen molar-refractivity contribution >= 4 is 8.07 Å². The Balaban J connectivity index is 2.23. The summed E-state index contributed by atoms with van der Waals surface area (Å²) < 4.78 is 0. The first-order valence-corrected chi connectivity index (χ1v) is 8.81. The van der Waals surface area contributed by atoms with Crippen molar-refractivity contribution in [3.8, 4) is 11.5 Å². The number of hydrogen-bond donors (Lipinski definition) is 1. The molecule has 0 aromatic rings. The predicted molar refractivity (Wildman–Crippen MR) is 61.4 cm³/mol. The summed E-state index contributed by atoms with van der Waals surface area (Å²) in [5.74, 6) is 3.36. The van der Waals surface area contributed by atoms with Gasteiger partial charge >= 0.3 is 0 Å². The molecule has 2 heteroatoms. The molecule has 0 saturated carbocycles. The second kappa shape index (κ2) is 4.30. The summed E-state index contributed by atoms with van der Waals surface area (Å²) in [6, 6.07) is 1.24. The van der Waals surface area contributed by atoms with Gasteiger partial charge in [-0.15, -0.1) is 5.54 Å². The van der Waals surface area contributed by atoms with Gasteiger partial charge in [0.25, 0.3) is 0 Å². The fraction of sp³-hybridized carbons (Fsp3) is 0.818. The average Bonchev–Trinajstić information content (AvgIpc) is 2.75. The topological polar surface area (TPSA) is 21.9 Å². The lowest BCUT2D eigenvalue weighted by atomic mass is 10.2. The third kappa shape index (κ3) is 4.49. The zero-order valence-electron chi connectivity index (χ0n) is 9.28. The first-order valence-electron chi connectivity index (χ1n) is 5.31. The lowest BCUT2D eigenvalue weighted by Crippen LogP contribution is -2.16. The van der Waals surface area contributed by atoms with Crippen LogP contribution in [0.5, 0.6) is 0 Å². The molecule has 13 heavy (non-hydrogen) atoms. The highest BCUT2D eigenvalue weighted by Gasteiger charge is 2.33. The van der Waals surface area contributed by atoms with Gasteiger partial charge < -0.3 is 0 Å². The minimum atomic E-state index is -1.14. The van der Waals surface area contributed by atoms with E-state index in [4.69, 9.17) is 0 Å². The summed E-state index contributed by atoms with van der Waals surface area (Å²) >= 11 is 0. The molecule has 1 nitrogen and oxygen atoms in total. The predicted octanol–water partition coefficient (Wildman–Crippen LogP) is 2.40. The van der Waals surface area contributed by atoms with Crippen LogP contribution >= 0.6 is 0 Å². The fourth-order valence-corrected chi connectivity index (χ4v) is 1.87. The van der Waals surface area contributed by atoms with Gasteiger partial charge in [0.15, 0.2) is 0 Å². The largest absolute Gasteiger partial charge is 0.297 e. The van der Waals surface area contributed by atoms with E-state index in [0.717, 1.165) is 0 Å². The Hall–Kier alpha value is -0.263. The van der Waals surface area contributed by atoms with Crippen molar-refractivity contribution in [1.82, 2.24) is 5.32 Å². The van der Waals surface area contributed by atoms with Crippen LogP contribution in [-0.4, -0.2) is 20.2 Å². The molecule has 0 bridgehead atoms. The number of rotatable bonds is 3. The maximum atomic E-state index is 3.42. The molecule has 1 N–H and O–H groups in total. The van der Waals surface area contributed by atoms with Gasteiger partial charge in [-0.05, 0) is 6.42 Å². The van der Waals surface area contributed by atoms with Crippen molar-refractivity contribution in [2.24, 2.45) is 0 Å². The van der Waals surface area contributed by atoms with Crippen molar-refractivity contribution in [3.63, 3.8) is 0 Å². The molecule has 0 unspecified atom stereocenters. The summed E-state index contributed by atoms with van der Waals surface area (Å²) in [5.41, 5.74) is 3.42. The van der Waals surface area contributed by atoms with Crippen LogP contribution in [0.15, 0.2) is 0 Å². The Morgan fingerprint density at radius 3 is 2.54 bits per heavy atom. The van der Waals surface area contributed by atoms with Gasteiger partial charge in [-0.2, -0.15) is 0 Å². The third-order valence-electron chi connectivity index (χ3n) is 2.16. The highest BCUT2D eigenvalue weighted by molar-refractivity contribution is 6.83. The zero-order chi connectivity index (χ0) is 9.90. The van der Waals surface area contributed by atoms with Crippen LogP contribution in [0.4, 0.5) is 0 Å². The Morgan fingerprint density at radius 2 is 2.00 bits per heavy atom. The smallest absolute Gasteiger partial charge is 0.129 e. The molecule has 0 aromatic carbocycles. The number of hydrogen-bond acceptors (Lipinski definition) is 1. The lowest BCUT2D eigenvalue weighted by Gasteiger charge is -2.02. The van der Waals surface area contributed by atoms with Gasteiger partial charge in [0.05, 0.1) is 6.04 Å². The van der Waals surface area contributed by atoms with Crippen LogP contribution in [0, 0.1) is 11.5 Å². The molecule has 0 amide bonds. The van der Waals surface area contributed by atoms with Crippen molar-refractivity contribution in [1.29, 1.82) is 0 Å². The molecule has 1 aliphatic rings. The summed E-state index contributed by atoms with van der Waals surface area (Å²) in [6.07, 6.45) is 3.94. The average molecular weight is 195 g/mol. The summed E-state index contributed by atoms with van der Waals surface area (Å²) in [7, 11) is -1.14. The van der Waals surface area contributed by atoms with Crippen LogP contribution in [-0.2, 0) is 0 Å². The quantitative estimate of drug-likeness (QED) is 0.417. The van der Waals surface area contributed by atoms with Crippen molar-refractivity contribution in [2.75, 3.05) is 0 Å². The van der Waals surface area contributed by atoms with Crippen molar-refractivity contribution in [3.05, 3.63) is 0 Å². The van der Waals surface area contributed by atoms with E-state index in [2.05, 4.69) is 43.3 Å². The molecule has 1 fully saturated rings. The maximum absolute atomic E-state index is 3.42. The standard InChI is InChI=1S/C11H21NSi/c1-5-6-7-10-11(12-10)8-9-13(2,3)4/h10-12H,5-7H2,1-4H3/t10-,11-/m1/s1. The van der Waals surface area contributed by atoms with Crippen LogP contribution < -0.4 is 5.32 Å². The molecule has 74 valence electrons. The minimum Gasteiger partial charge on any atom is -0.297 e. The Labute approximate surface area is 83.3 Å². The van der Waals surface area contributed by atoms with Gasteiger partial charge in [-0.3, -0.25) is 5.32 Å². The second-order valence-corrected chi connectivity index (χ2v) is 9.66. The molecule has 0 aromatic heterocycles. The van der Waals surface area contributed by atoms with E-state index in [-0.39, 0.29) is 0 Å². The Kier molecular flexibility index (Phi) is 3.58. The van der Waals surface area contributed by atoms with Gasteiger partial charge in [0.2, 0.25) is 0 Å². The highest BCUT2D eigenvalue weighted by Crippen LogP contribution is 2.16. The van der Waals surface area contributed by atoms with E-state index < -0.39 is 8.07 Å². The van der Waals surface area contributed by atoms with Gasteiger partial charge in [-0.1, -0.05) is 45.3 Å². The van der Waals surface area contributed by atoms with E-state index in [0.29, 0.717) is 12.1 Å². The SMILES string of the molecule is CCCC[C@H]1N[C@@H]1C#C[Si](C)(C)C. The van der Waals surface area contributed by atoms with Gasteiger partial charge in [0.1, 0.15) is 8.07 Å². The molecule has 0 radical (unpaired) electrons. The molecule has 1 rings (SSSR count). The number of unbranched alkanes of at least 4 members (excludes halogenated alkanes) is 1. The molecule has 1 aliphatic heterocycles. The monoisotopic (exact) mass is 195 g/mol. The third-order valence-corrected chi connectivity index (χ3v) is 3.05. The minimum absolute atomic E-state index is 0.526. The van der Waals surface area contributed by atoms with E-state index in [1.807, 2.05) is 0 Å². The molecular weight excluding hydrogens is 174 g/mol. The second-order valence-electron chi connectivity index (χ2n) is 4.91. The van der Waals surface area contributed by atoms with E-state index in [1.54, 1.807) is 0 Å². The molecule has 2 atom stereocenters. The van der Waals surface area contributed by atoms with E-state index in [9.17, 15) is 0 Å². The Morgan fingerprint density at radius 1 is 1.31 bits per heavy atom. The van der Waals surface area contributed by atoms with Crippen LogP contribution in [0.3, 0.4) is 0 Å². The number of nitrogens with one attached hydrogen (secondary N) is 1. The lowest BCUT2D eigenvalue weighted by molar-refractivity contribution is 0.702. The summed E-state index contributed by atoms with van der Waals surface area (Å²) in [5, 5.41) is 3.42. The molecule has 0 spiro atoms. The van der Waals surface area contributed by atoms with Crippen LogP contribution in [0.25, 0.3) is 0 Å². The normalized spacial score (nSPS) is 26.5. The van der Waals surface area contributed by atoms with Crippen LogP contribution in [0.1, 0.15) is 26.2 Å². The molecule has 0 aliphatic carbocycles. The fourth-order valence-electron chi connectivity index (χ4n) is 1.29. The summed E-state index contributed by atoms with van der Waals surface area (Å²) in [6.45, 7) is 9.13. The maximum Gasteiger partial charge on any atom is 0.129 e. The molecular formula is C11H21NSi. The van der Waals surface area contributed by atoms with Crippen LogP contribution in [0.2, 0.25) is 19.6 Å². The van der Waals surface area contributed by atoms with Crippen molar-refractivity contribution < 1.29 is 0 Å². The molecule has 1 heterocycles. The summed E-state index contributed by atoms with van der Waals surface area (Å²) in [4.78, 5) is 0.